The third-order valence-electron chi connectivity index (χ3n) is 5.39. The molecule has 1 amide bonds. The molecular weight excluding hydrogens is 481 g/mol. The van der Waals surface area contributed by atoms with E-state index in [4.69, 9.17) is 4.99 Å². The first-order valence-corrected chi connectivity index (χ1v) is 10.6. The molecule has 1 saturated heterocycles. The SMILES string of the molecule is CCNC(=NCCNC(=O)CC1CCCC1)N1CCN(c2ncccn2)CC1.I. The average molecular weight is 515 g/mol. The highest BCUT2D eigenvalue weighted by atomic mass is 127. The Morgan fingerprint density at radius 3 is 2.48 bits per heavy atom. The van der Waals surface area contributed by atoms with Gasteiger partial charge in [-0.2, -0.15) is 0 Å². The molecule has 2 fully saturated rings. The van der Waals surface area contributed by atoms with Gasteiger partial charge >= 0.3 is 0 Å². The Morgan fingerprint density at radius 2 is 1.83 bits per heavy atom. The Hall–Kier alpha value is -1.65. The Morgan fingerprint density at radius 1 is 1.14 bits per heavy atom. The lowest BCUT2D eigenvalue weighted by molar-refractivity contribution is -0.121. The first-order valence-electron chi connectivity index (χ1n) is 10.6. The summed E-state index contributed by atoms with van der Waals surface area (Å²) in [6.07, 6.45) is 9.19. The lowest BCUT2D eigenvalue weighted by Crippen LogP contribution is -2.53. The predicted molar refractivity (Wildman–Crippen MR) is 127 cm³/mol. The van der Waals surface area contributed by atoms with E-state index in [1.165, 1.54) is 25.7 Å². The van der Waals surface area contributed by atoms with Crippen LogP contribution in [0.1, 0.15) is 39.0 Å². The summed E-state index contributed by atoms with van der Waals surface area (Å²) in [5.74, 6) is 2.46. The molecule has 3 rings (SSSR count). The lowest BCUT2D eigenvalue weighted by atomic mass is 10.0. The number of rotatable bonds is 7. The van der Waals surface area contributed by atoms with Gasteiger partial charge in [0.15, 0.2) is 5.96 Å². The van der Waals surface area contributed by atoms with Gasteiger partial charge in [-0.25, -0.2) is 9.97 Å². The number of nitrogens with zero attached hydrogens (tertiary/aromatic N) is 5. The van der Waals surface area contributed by atoms with Crippen molar-refractivity contribution in [3.05, 3.63) is 18.5 Å². The first kappa shape index (κ1) is 23.6. The molecule has 2 heterocycles. The van der Waals surface area contributed by atoms with Gasteiger partial charge in [0, 0.05) is 58.1 Å². The molecule has 1 saturated carbocycles. The second kappa shape index (κ2) is 12.8. The van der Waals surface area contributed by atoms with Gasteiger partial charge in [0.1, 0.15) is 0 Å². The molecule has 0 atom stereocenters. The van der Waals surface area contributed by atoms with Gasteiger partial charge < -0.3 is 20.4 Å². The zero-order chi connectivity index (χ0) is 19.6. The fraction of sp³-hybridized carbons (Fsp3) is 0.700. The van der Waals surface area contributed by atoms with Crippen LogP contribution in [0.5, 0.6) is 0 Å². The number of nitrogens with one attached hydrogen (secondary N) is 2. The van der Waals surface area contributed by atoms with E-state index in [1.807, 2.05) is 6.07 Å². The van der Waals surface area contributed by atoms with E-state index in [9.17, 15) is 4.79 Å². The molecule has 2 N–H and O–H groups in total. The molecule has 0 radical (unpaired) electrons. The second-order valence-electron chi connectivity index (χ2n) is 7.46. The Labute approximate surface area is 191 Å². The smallest absolute Gasteiger partial charge is 0.225 e. The van der Waals surface area contributed by atoms with Crippen LogP contribution in [-0.4, -0.2) is 72.5 Å². The summed E-state index contributed by atoms with van der Waals surface area (Å²) >= 11 is 0. The van der Waals surface area contributed by atoms with E-state index in [0.29, 0.717) is 25.4 Å². The highest BCUT2D eigenvalue weighted by Crippen LogP contribution is 2.27. The van der Waals surface area contributed by atoms with Crippen LogP contribution in [0.15, 0.2) is 23.5 Å². The zero-order valence-electron chi connectivity index (χ0n) is 17.3. The third-order valence-corrected chi connectivity index (χ3v) is 5.39. The maximum Gasteiger partial charge on any atom is 0.225 e. The van der Waals surface area contributed by atoms with Crippen molar-refractivity contribution in [3.63, 3.8) is 0 Å². The van der Waals surface area contributed by atoms with Crippen molar-refractivity contribution in [2.24, 2.45) is 10.9 Å². The normalized spacial score (nSPS) is 17.8. The van der Waals surface area contributed by atoms with Gasteiger partial charge in [-0.1, -0.05) is 12.8 Å². The van der Waals surface area contributed by atoms with Gasteiger partial charge in [-0.15, -0.1) is 24.0 Å². The molecule has 1 aromatic rings. The highest BCUT2D eigenvalue weighted by molar-refractivity contribution is 14.0. The fourth-order valence-electron chi connectivity index (χ4n) is 3.90. The van der Waals surface area contributed by atoms with Crippen molar-refractivity contribution in [2.75, 3.05) is 50.7 Å². The fourth-order valence-corrected chi connectivity index (χ4v) is 3.90. The van der Waals surface area contributed by atoms with Crippen molar-refractivity contribution in [2.45, 2.75) is 39.0 Å². The number of aromatic nitrogens is 2. The van der Waals surface area contributed by atoms with Crippen molar-refractivity contribution < 1.29 is 4.79 Å². The number of carbonyl (C=O) groups is 1. The summed E-state index contributed by atoms with van der Waals surface area (Å²) in [4.78, 5) is 29.9. The molecular formula is C20H34IN7O. The topological polar surface area (TPSA) is 85.8 Å². The molecule has 0 unspecified atom stereocenters. The van der Waals surface area contributed by atoms with Crippen molar-refractivity contribution in [1.29, 1.82) is 0 Å². The first-order chi connectivity index (χ1) is 13.8. The van der Waals surface area contributed by atoms with Gasteiger partial charge in [0.05, 0.1) is 6.54 Å². The number of piperazine rings is 1. The Kier molecular flexibility index (Phi) is 10.4. The number of carbonyl (C=O) groups excluding carboxylic acids is 1. The van der Waals surface area contributed by atoms with E-state index in [1.54, 1.807) is 12.4 Å². The molecule has 0 spiro atoms. The van der Waals surface area contributed by atoms with E-state index >= 15 is 0 Å². The minimum Gasteiger partial charge on any atom is -0.357 e. The summed E-state index contributed by atoms with van der Waals surface area (Å²) in [5.41, 5.74) is 0. The Balaban J connectivity index is 0.00000300. The van der Waals surface area contributed by atoms with Crippen LogP contribution in [-0.2, 0) is 4.79 Å². The summed E-state index contributed by atoms with van der Waals surface area (Å²) < 4.78 is 0. The molecule has 162 valence electrons. The number of guanidine groups is 1. The summed E-state index contributed by atoms with van der Waals surface area (Å²) in [5, 5.41) is 6.39. The van der Waals surface area contributed by atoms with Gasteiger partial charge in [-0.05, 0) is 31.7 Å². The van der Waals surface area contributed by atoms with Crippen LogP contribution in [0.3, 0.4) is 0 Å². The van der Waals surface area contributed by atoms with Crippen LogP contribution in [0, 0.1) is 5.92 Å². The van der Waals surface area contributed by atoms with Crippen LogP contribution >= 0.6 is 24.0 Å². The monoisotopic (exact) mass is 515 g/mol. The number of hydrogen-bond acceptors (Lipinski definition) is 5. The highest BCUT2D eigenvalue weighted by Gasteiger charge is 2.21. The minimum atomic E-state index is 0. The van der Waals surface area contributed by atoms with Crippen LogP contribution in [0.4, 0.5) is 5.95 Å². The largest absolute Gasteiger partial charge is 0.357 e. The van der Waals surface area contributed by atoms with Crippen molar-refractivity contribution >= 4 is 41.8 Å². The minimum absolute atomic E-state index is 0. The maximum atomic E-state index is 12.0. The van der Waals surface area contributed by atoms with Crippen molar-refractivity contribution in [3.8, 4) is 0 Å². The van der Waals surface area contributed by atoms with E-state index in [-0.39, 0.29) is 29.9 Å². The number of hydrogen-bond donors (Lipinski definition) is 2. The van der Waals surface area contributed by atoms with Gasteiger partial charge in [0.25, 0.3) is 0 Å². The number of anilines is 1. The standard InChI is InChI=1S/C20H33N7O.HI/c1-2-21-19(25-11-10-22-18(28)16-17-6-3-4-7-17)26-12-14-27(15-13-26)20-23-8-5-9-24-20;/h5,8-9,17H,2-4,6-7,10-16H2,1H3,(H,21,25)(H,22,28);1H. The Bertz CT molecular complexity index is 629. The maximum absolute atomic E-state index is 12.0. The summed E-state index contributed by atoms with van der Waals surface area (Å²) in [7, 11) is 0. The second-order valence-corrected chi connectivity index (χ2v) is 7.46. The number of aliphatic imine (C=N–C) groups is 1. The van der Waals surface area contributed by atoms with Crippen LogP contribution in [0.25, 0.3) is 0 Å². The summed E-state index contributed by atoms with van der Waals surface area (Å²) in [6.45, 7) is 7.58. The molecule has 8 nitrogen and oxygen atoms in total. The zero-order valence-corrected chi connectivity index (χ0v) is 19.7. The third kappa shape index (κ3) is 7.60. The molecule has 1 aliphatic carbocycles. The molecule has 9 heteroatoms. The predicted octanol–water partition coefficient (Wildman–Crippen LogP) is 1.88. The average Bonchev–Trinajstić information content (AvgIpc) is 3.24. The van der Waals surface area contributed by atoms with E-state index in [2.05, 4.69) is 37.3 Å². The molecule has 29 heavy (non-hydrogen) atoms. The van der Waals surface area contributed by atoms with Crippen LogP contribution in [0.2, 0.25) is 0 Å². The molecule has 2 aliphatic rings. The molecule has 1 aliphatic heterocycles. The molecule has 1 aromatic heterocycles. The lowest BCUT2D eigenvalue weighted by Gasteiger charge is -2.36. The molecule has 0 bridgehead atoms. The quantitative estimate of drug-likeness (QED) is 0.250. The summed E-state index contributed by atoms with van der Waals surface area (Å²) in [6, 6.07) is 1.84. The van der Waals surface area contributed by atoms with Gasteiger partial charge in [0.2, 0.25) is 11.9 Å². The number of halogens is 1. The van der Waals surface area contributed by atoms with E-state index in [0.717, 1.165) is 44.6 Å². The van der Waals surface area contributed by atoms with Crippen LogP contribution < -0.4 is 15.5 Å². The van der Waals surface area contributed by atoms with Gasteiger partial charge in [-0.3, -0.25) is 9.79 Å². The van der Waals surface area contributed by atoms with Crippen molar-refractivity contribution in [1.82, 2.24) is 25.5 Å². The number of amides is 1. The molecule has 0 aromatic carbocycles. The van der Waals surface area contributed by atoms with E-state index < -0.39 is 0 Å².